The van der Waals surface area contributed by atoms with Crippen LogP contribution < -0.4 is 5.46 Å². The van der Waals surface area contributed by atoms with Crippen LogP contribution in [0.25, 0.3) is 21.9 Å². The monoisotopic (exact) mass is 266 g/mol. The highest BCUT2D eigenvalue weighted by atomic mass is 19.1. The maximum Gasteiger partial charge on any atom is 0.491 e. The van der Waals surface area contributed by atoms with E-state index >= 15 is 0 Å². The Morgan fingerprint density at radius 2 is 1.60 bits per heavy atom. The molecule has 0 aliphatic heterocycles. The molecule has 3 aromatic rings. The molecule has 3 rings (SSSR count). The molecule has 0 fully saturated rings. The zero-order valence-electron chi connectivity index (χ0n) is 10.6. The minimum Gasteiger partial charge on any atom is -0.423 e. The van der Waals surface area contributed by atoms with Crippen molar-refractivity contribution in [3.05, 3.63) is 66.5 Å². The van der Waals surface area contributed by atoms with Crippen LogP contribution in [0.4, 0.5) is 4.39 Å². The minimum atomic E-state index is -1.79. The van der Waals surface area contributed by atoms with Crippen molar-refractivity contribution in [1.82, 2.24) is 0 Å². The highest BCUT2D eigenvalue weighted by Crippen LogP contribution is 2.28. The zero-order valence-corrected chi connectivity index (χ0v) is 10.6. The molecule has 98 valence electrons. The van der Waals surface area contributed by atoms with E-state index in [4.69, 9.17) is 10.0 Å². The number of hydrogen-bond acceptors (Lipinski definition) is 2. The van der Waals surface area contributed by atoms with Crippen LogP contribution in [0.15, 0.2) is 60.7 Å². The van der Waals surface area contributed by atoms with Gasteiger partial charge in [-0.3, -0.25) is 0 Å². The lowest BCUT2D eigenvalue weighted by Gasteiger charge is -2.09. The molecule has 3 aromatic carbocycles. The Morgan fingerprint density at radius 3 is 2.35 bits per heavy atom. The van der Waals surface area contributed by atoms with Crippen molar-refractivity contribution in [3.63, 3.8) is 0 Å². The average Bonchev–Trinajstić information content (AvgIpc) is 2.46. The van der Waals surface area contributed by atoms with Crippen molar-refractivity contribution in [2.75, 3.05) is 0 Å². The molecule has 0 spiro atoms. The Hall–Kier alpha value is -2.17. The fraction of sp³-hybridized carbons (Fsp3) is 0. The van der Waals surface area contributed by atoms with E-state index in [0.29, 0.717) is 5.56 Å². The molecule has 0 amide bonds. The van der Waals surface area contributed by atoms with Crippen LogP contribution in [0, 0.1) is 5.82 Å². The van der Waals surface area contributed by atoms with E-state index in [1.54, 1.807) is 6.07 Å². The van der Waals surface area contributed by atoms with Crippen molar-refractivity contribution >= 4 is 23.4 Å². The first kappa shape index (κ1) is 12.8. The van der Waals surface area contributed by atoms with Gasteiger partial charge in [0.2, 0.25) is 0 Å². The second-order valence-corrected chi connectivity index (χ2v) is 4.64. The molecule has 0 aliphatic rings. The molecule has 0 heterocycles. The minimum absolute atomic E-state index is 0.117. The smallest absolute Gasteiger partial charge is 0.423 e. The van der Waals surface area contributed by atoms with Crippen LogP contribution in [0.5, 0.6) is 0 Å². The molecular weight excluding hydrogens is 254 g/mol. The van der Waals surface area contributed by atoms with Crippen LogP contribution in [-0.4, -0.2) is 17.2 Å². The number of fused-ring (bicyclic) bond motifs is 1. The molecule has 0 radical (unpaired) electrons. The average molecular weight is 266 g/mol. The summed E-state index contributed by atoms with van der Waals surface area (Å²) in [5.74, 6) is -0.620. The van der Waals surface area contributed by atoms with E-state index in [1.165, 1.54) is 12.1 Å². The van der Waals surface area contributed by atoms with Crippen LogP contribution in [-0.2, 0) is 0 Å². The first-order chi connectivity index (χ1) is 9.66. The van der Waals surface area contributed by atoms with Gasteiger partial charge >= 0.3 is 7.12 Å². The van der Waals surface area contributed by atoms with Gasteiger partial charge in [0.15, 0.2) is 0 Å². The van der Waals surface area contributed by atoms with Gasteiger partial charge in [0.25, 0.3) is 0 Å². The van der Waals surface area contributed by atoms with Crippen molar-refractivity contribution < 1.29 is 14.4 Å². The molecule has 2 N–H and O–H groups in total. The number of halogens is 1. The quantitative estimate of drug-likeness (QED) is 0.699. The predicted molar refractivity (Wildman–Crippen MR) is 79.2 cm³/mol. The molecule has 20 heavy (non-hydrogen) atoms. The van der Waals surface area contributed by atoms with Gasteiger partial charge in [0.05, 0.1) is 0 Å². The standard InChI is InChI=1S/C16H12BFO2/c18-16-10-12(8-9-15(16)17(19)20)14-7-3-5-11-4-1-2-6-13(11)14/h1-10,19-20H. The zero-order chi connectivity index (χ0) is 14.1. The number of rotatable bonds is 2. The van der Waals surface area contributed by atoms with Gasteiger partial charge in [-0.2, -0.15) is 0 Å². The molecule has 4 heteroatoms. The molecule has 0 saturated carbocycles. The molecule has 0 aliphatic carbocycles. The lowest BCUT2D eigenvalue weighted by Crippen LogP contribution is -2.32. The van der Waals surface area contributed by atoms with Gasteiger partial charge in [0, 0.05) is 5.46 Å². The van der Waals surface area contributed by atoms with Crippen molar-refractivity contribution in [2.45, 2.75) is 0 Å². The Kier molecular flexibility index (Phi) is 3.26. The second kappa shape index (κ2) is 5.08. The molecular formula is C16H12BFO2. The summed E-state index contributed by atoms with van der Waals surface area (Å²) in [5.41, 5.74) is 1.51. The summed E-state index contributed by atoms with van der Waals surface area (Å²) < 4.78 is 13.9. The van der Waals surface area contributed by atoms with Crippen molar-refractivity contribution in [1.29, 1.82) is 0 Å². The molecule has 2 nitrogen and oxygen atoms in total. The Balaban J connectivity index is 2.19. The van der Waals surface area contributed by atoms with Crippen molar-refractivity contribution in [2.24, 2.45) is 0 Å². The van der Waals surface area contributed by atoms with Crippen molar-refractivity contribution in [3.8, 4) is 11.1 Å². The highest BCUT2D eigenvalue weighted by molar-refractivity contribution is 6.58. The van der Waals surface area contributed by atoms with E-state index in [9.17, 15) is 4.39 Å². The summed E-state index contributed by atoms with van der Waals surface area (Å²) in [4.78, 5) is 0. The highest BCUT2D eigenvalue weighted by Gasteiger charge is 2.17. The van der Waals surface area contributed by atoms with Crippen LogP contribution >= 0.6 is 0 Å². The maximum absolute atomic E-state index is 13.9. The summed E-state index contributed by atoms with van der Waals surface area (Å²) in [7, 11) is -1.79. The van der Waals surface area contributed by atoms with E-state index in [1.807, 2.05) is 42.5 Å². The van der Waals surface area contributed by atoms with Crippen LogP contribution in [0.3, 0.4) is 0 Å². The summed E-state index contributed by atoms with van der Waals surface area (Å²) in [5, 5.41) is 20.2. The second-order valence-electron chi connectivity index (χ2n) is 4.64. The van der Waals surface area contributed by atoms with E-state index in [-0.39, 0.29) is 5.46 Å². The summed E-state index contributed by atoms with van der Waals surface area (Å²) in [6, 6.07) is 18.1. The third kappa shape index (κ3) is 2.20. The van der Waals surface area contributed by atoms with Gasteiger partial charge in [-0.1, -0.05) is 54.6 Å². The predicted octanol–water partition coefficient (Wildman–Crippen LogP) is 2.33. The first-order valence-corrected chi connectivity index (χ1v) is 6.30. The fourth-order valence-electron chi connectivity index (χ4n) is 2.38. The number of benzene rings is 3. The largest absolute Gasteiger partial charge is 0.491 e. The van der Waals surface area contributed by atoms with Gasteiger partial charge < -0.3 is 10.0 Å². The lowest BCUT2D eigenvalue weighted by molar-refractivity contribution is 0.423. The van der Waals surface area contributed by atoms with Crippen LogP contribution in [0.1, 0.15) is 0 Å². The molecule has 0 atom stereocenters. The summed E-state index contributed by atoms with van der Waals surface area (Å²) in [6.45, 7) is 0. The van der Waals surface area contributed by atoms with Gasteiger partial charge in [-0.15, -0.1) is 0 Å². The molecule has 0 aromatic heterocycles. The fourth-order valence-corrected chi connectivity index (χ4v) is 2.38. The third-order valence-electron chi connectivity index (χ3n) is 3.38. The Bertz CT molecular complexity index is 766. The van der Waals surface area contributed by atoms with E-state index in [2.05, 4.69) is 0 Å². The maximum atomic E-state index is 13.9. The molecule has 0 unspecified atom stereocenters. The van der Waals surface area contributed by atoms with Crippen LogP contribution in [0.2, 0.25) is 0 Å². The Morgan fingerprint density at radius 1 is 0.850 bits per heavy atom. The Labute approximate surface area is 116 Å². The van der Waals surface area contributed by atoms with E-state index < -0.39 is 12.9 Å². The lowest BCUT2D eigenvalue weighted by atomic mass is 9.79. The normalized spacial score (nSPS) is 10.8. The van der Waals surface area contributed by atoms with Gasteiger partial charge in [0.1, 0.15) is 5.82 Å². The van der Waals surface area contributed by atoms with Gasteiger partial charge in [-0.25, -0.2) is 4.39 Å². The summed E-state index contributed by atoms with van der Waals surface area (Å²) in [6.07, 6.45) is 0. The molecule has 0 bridgehead atoms. The number of hydrogen-bond donors (Lipinski definition) is 2. The third-order valence-corrected chi connectivity index (χ3v) is 3.38. The van der Waals surface area contributed by atoms with Gasteiger partial charge in [-0.05, 0) is 28.0 Å². The topological polar surface area (TPSA) is 40.5 Å². The SMILES string of the molecule is OB(O)c1ccc(-c2cccc3ccccc23)cc1F. The van der Waals surface area contributed by atoms with E-state index in [0.717, 1.165) is 16.3 Å². The molecule has 0 saturated heterocycles. The summed E-state index contributed by atoms with van der Waals surface area (Å²) >= 11 is 0. The first-order valence-electron chi connectivity index (χ1n) is 6.30.